The van der Waals surface area contributed by atoms with E-state index >= 15 is 0 Å². The molecule has 94 valence electrons. The van der Waals surface area contributed by atoms with Gasteiger partial charge in [0, 0.05) is 12.8 Å². The highest BCUT2D eigenvalue weighted by Crippen LogP contribution is 2.04. The number of hydrogen-bond acceptors (Lipinski definition) is 5. The number of carboxylic acids is 1. The molecule has 0 fully saturated rings. The minimum absolute atomic E-state index is 0.00234. The third-order valence-corrected chi connectivity index (χ3v) is 1.85. The van der Waals surface area contributed by atoms with Gasteiger partial charge in [0.05, 0.1) is 6.07 Å². The summed E-state index contributed by atoms with van der Waals surface area (Å²) in [7, 11) is 0. The number of amides is 1. The Hall–Kier alpha value is -2.10. The van der Waals surface area contributed by atoms with Crippen molar-refractivity contribution in [3.63, 3.8) is 0 Å². The van der Waals surface area contributed by atoms with Crippen molar-refractivity contribution >= 4 is 17.8 Å². The maximum Gasteiger partial charge on any atom is 0.326 e. The summed E-state index contributed by atoms with van der Waals surface area (Å²) >= 11 is 0. The van der Waals surface area contributed by atoms with Gasteiger partial charge in [-0.25, -0.2) is 4.79 Å². The molecule has 0 aromatic heterocycles. The van der Waals surface area contributed by atoms with Gasteiger partial charge in [-0.05, 0) is 13.3 Å². The predicted octanol–water partition coefficient (Wildman–Crippen LogP) is -0.331. The van der Waals surface area contributed by atoms with E-state index < -0.39 is 36.4 Å². The van der Waals surface area contributed by atoms with Gasteiger partial charge in [-0.15, -0.1) is 0 Å². The van der Waals surface area contributed by atoms with E-state index in [1.165, 1.54) is 0 Å². The number of carbonyl (C=O) groups is 3. The average molecular weight is 242 g/mol. The highest BCUT2D eigenvalue weighted by molar-refractivity contribution is 5.85. The Balaban J connectivity index is 4.26. The van der Waals surface area contributed by atoms with Crippen LogP contribution in [0.4, 0.5) is 0 Å². The molecular weight excluding hydrogens is 228 g/mol. The van der Waals surface area contributed by atoms with Crippen LogP contribution in [-0.4, -0.2) is 35.6 Å². The molecule has 0 unspecified atom stereocenters. The van der Waals surface area contributed by atoms with Crippen molar-refractivity contribution in [2.45, 2.75) is 26.3 Å². The number of nitriles is 1. The summed E-state index contributed by atoms with van der Waals surface area (Å²) in [4.78, 5) is 32.4. The number of carbonyl (C=O) groups excluding carboxylic acids is 2. The Kier molecular flexibility index (Phi) is 6.33. The van der Waals surface area contributed by atoms with Crippen LogP contribution in [0.2, 0.25) is 0 Å². The van der Waals surface area contributed by atoms with E-state index in [9.17, 15) is 14.4 Å². The Morgan fingerprint density at radius 2 is 2.06 bits per heavy atom. The molecule has 0 aromatic carbocycles. The maximum atomic E-state index is 11.2. The predicted molar refractivity (Wildman–Crippen MR) is 55.6 cm³/mol. The summed E-state index contributed by atoms with van der Waals surface area (Å²) in [5.41, 5.74) is 0. The lowest BCUT2D eigenvalue weighted by atomic mass is 10.0. The van der Waals surface area contributed by atoms with Crippen molar-refractivity contribution in [3.8, 4) is 6.07 Å². The number of ether oxygens (including phenoxy) is 1. The second kappa shape index (κ2) is 7.22. The molecule has 0 spiro atoms. The molecule has 2 atom stereocenters. The molecule has 0 aromatic rings. The number of esters is 1. The normalized spacial score (nSPS) is 13.0. The minimum atomic E-state index is -1.23. The Morgan fingerprint density at radius 1 is 1.47 bits per heavy atom. The van der Waals surface area contributed by atoms with Crippen LogP contribution in [0.3, 0.4) is 0 Å². The maximum absolute atomic E-state index is 11.2. The smallest absolute Gasteiger partial charge is 0.326 e. The summed E-state index contributed by atoms with van der Waals surface area (Å²) < 4.78 is 4.41. The molecule has 0 bridgehead atoms. The number of nitrogens with one attached hydrogen (secondary N) is 1. The zero-order chi connectivity index (χ0) is 13.4. The fourth-order valence-corrected chi connectivity index (χ4v) is 1.03. The zero-order valence-electron chi connectivity index (χ0n) is 9.60. The van der Waals surface area contributed by atoms with E-state index in [0.717, 1.165) is 6.92 Å². The quantitative estimate of drug-likeness (QED) is 0.616. The van der Waals surface area contributed by atoms with Crippen molar-refractivity contribution in [1.29, 1.82) is 5.26 Å². The second-order valence-corrected chi connectivity index (χ2v) is 3.50. The summed E-state index contributed by atoms with van der Waals surface area (Å²) in [6.45, 7) is 2.16. The Labute approximate surface area is 98.4 Å². The molecule has 0 aliphatic heterocycles. The molecule has 7 nitrogen and oxygen atoms in total. The van der Waals surface area contributed by atoms with Crippen LogP contribution < -0.4 is 5.32 Å². The minimum Gasteiger partial charge on any atom is -0.480 e. The zero-order valence-corrected chi connectivity index (χ0v) is 9.60. The van der Waals surface area contributed by atoms with Crippen LogP contribution in [0.15, 0.2) is 0 Å². The third-order valence-electron chi connectivity index (χ3n) is 1.85. The van der Waals surface area contributed by atoms with Crippen LogP contribution in [0, 0.1) is 17.2 Å². The van der Waals surface area contributed by atoms with E-state index in [-0.39, 0.29) is 6.42 Å². The molecule has 0 aliphatic carbocycles. The first kappa shape index (κ1) is 14.9. The standard InChI is InChI=1S/C10H14N2O5/c1-6(4-11)3-8(10(15)16)12-9(14)5-17-7(2)13/h6,8H,3,5H2,1-2H3,(H,12,14)(H,15,16)/t6-,8+/m0/s1. The van der Waals surface area contributed by atoms with Crippen LogP contribution in [0.5, 0.6) is 0 Å². The molecule has 0 aliphatic rings. The van der Waals surface area contributed by atoms with E-state index in [4.69, 9.17) is 10.4 Å². The van der Waals surface area contributed by atoms with Crippen LogP contribution >= 0.6 is 0 Å². The van der Waals surface area contributed by atoms with Crippen molar-refractivity contribution in [2.75, 3.05) is 6.61 Å². The molecule has 17 heavy (non-hydrogen) atoms. The molecule has 1 amide bonds. The fourth-order valence-electron chi connectivity index (χ4n) is 1.03. The van der Waals surface area contributed by atoms with Gasteiger partial charge in [-0.3, -0.25) is 9.59 Å². The van der Waals surface area contributed by atoms with Gasteiger partial charge in [-0.1, -0.05) is 0 Å². The van der Waals surface area contributed by atoms with E-state index in [0.29, 0.717) is 0 Å². The van der Waals surface area contributed by atoms with Gasteiger partial charge >= 0.3 is 11.9 Å². The SMILES string of the molecule is CC(=O)OCC(=O)N[C@H](C[C@H](C)C#N)C(=O)O. The molecule has 0 saturated carbocycles. The summed E-state index contributed by atoms with van der Waals surface area (Å²) in [5, 5.41) is 19.5. The molecular formula is C10H14N2O5. The van der Waals surface area contributed by atoms with E-state index in [1.54, 1.807) is 6.92 Å². The van der Waals surface area contributed by atoms with Crippen molar-refractivity contribution < 1.29 is 24.2 Å². The van der Waals surface area contributed by atoms with Gasteiger partial charge in [0.1, 0.15) is 6.04 Å². The van der Waals surface area contributed by atoms with Gasteiger partial charge in [-0.2, -0.15) is 5.26 Å². The number of hydrogen-bond donors (Lipinski definition) is 2. The summed E-state index contributed by atoms with van der Waals surface area (Å²) in [6.07, 6.45) is -0.00234. The largest absolute Gasteiger partial charge is 0.480 e. The van der Waals surface area contributed by atoms with Crippen LogP contribution in [0.1, 0.15) is 20.3 Å². The third kappa shape index (κ3) is 6.89. The van der Waals surface area contributed by atoms with E-state index in [1.807, 2.05) is 6.07 Å². The summed E-state index contributed by atoms with van der Waals surface area (Å²) in [5.74, 6) is -3.07. The van der Waals surface area contributed by atoms with Gasteiger partial charge in [0.15, 0.2) is 6.61 Å². The number of carboxylic acid groups (broad SMARTS) is 1. The monoisotopic (exact) mass is 242 g/mol. The average Bonchev–Trinajstić information content (AvgIpc) is 2.25. The molecule has 7 heteroatoms. The number of aliphatic carboxylic acids is 1. The van der Waals surface area contributed by atoms with Gasteiger partial charge in [0.2, 0.25) is 0 Å². The lowest BCUT2D eigenvalue weighted by molar-refractivity contribution is -0.148. The molecule has 2 N–H and O–H groups in total. The van der Waals surface area contributed by atoms with Crippen LogP contribution in [-0.2, 0) is 19.1 Å². The molecule has 0 saturated heterocycles. The van der Waals surface area contributed by atoms with Crippen molar-refractivity contribution in [3.05, 3.63) is 0 Å². The topological polar surface area (TPSA) is 116 Å². The van der Waals surface area contributed by atoms with Crippen molar-refractivity contribution in [1.82, 2.24) is 5.32 Å². The lowest BCUT2D eigenvalue weighted by Gasteiger charge is -2.15. The van der Waals surface area contributed by atoms with Gasteiger partial charge in [0.25, 0.3) is 5.91 Å². The number of nitrogens with zero attached hydrogens (tertiary/aromatic N) is 1. The lowest BCUT2D eigenvalue weighted by Crippen LogP contribution is -2.43. The highest BCUT2D eigenvalue weighted by Gasteiger charge is 2.22. The first-order chi connectivity index (χ1) is 7.86. The first-order valence-electron chi connectivity index (χ1n) is 4.92. The second-order valence-electron chi connectivity index (χ2n) is 3.50. The van der Waals surface area contributed by atoms with Crippen molar-refractivity contribution in [2.24, 2.45) is 5.92 Å². The number of rotatable bonds is 6. The fraction of sp³-hybridized carbons (Fsp3) is 0.600. The molecule has 0 radical (unpaired) electrons. The summed E-state index contributed by atoms with van der Waals surface area (Å²) in [6, 6.07) is 0.714. The molecule has 0 rings (SSSR count). The Bertz CT molecular complexity index is 347. The molecule has 0 heterocycles. The first-order valence-corrected chi connectivity index (χ1v) is 4.92. The van der Waals surface area contributed by atoms with Gasteiger partial charge < -0.3 is 15.2 Å². The highest BCUT2D eigenvalue weighted by atomic mass is 16.5. The van der Waals surface area contributed by atoms with Crippen LogP contribution in [0.25, 0.3) is 0 Å². The van der Waals surface area contributed by atoms with E-state index in [2.05, 4.69) is 10.1 Å². The Morgan fingerprint density at radius 3 is 2.47 bits per heavy atom.